The topological polar surface area (TPSA) is 70.5 Å². The number of aliphatic hydroxyl groups is 1. The number of pyridine rings is 1. The lowest BCUT2D eigenvalue weighted by molar-refractivity contribution is -0.132. The second kappa shape index (κ2) is 7.60. The van der Waals surface area contributed by atoms with Crippen LogP contribution in [-0.4, -0.2) is 21.8 Å². The average Bonchev–Trinajstić information content (AvgIpc) is 2.99. The first-order valence-electron chi connectivity index (χ1n) is 8.71. The zero-order valence-electron chi connectivity index (χ0n) is 14.9. The van der Waals surface area contributed by atoms with E-state index in [2.05, 4.69) is 20.9 Å². The van der Waals surface area contributed by atoms with Gasteiger partial charge in [0.25, 0.3) is 11.7 Å². The first-order chi connectivity index (χ1) is 14.0. The maximum absolute atomic E-state index is 13.8. The molecule has 1 unspecified atom stereocenters. The summed E-state index contributed by atoms with van der Waals surface area (Å²) in [4.78, 5) is 31.2. The standard InChI is InChI=1S/C22H14BrFN2O3/c23-14-9-7-13(8-10-14)20(27)18-19(17-6-1-2-11-25-17)26(22(29)21(18)28)16-5-3-4-15(24)12-16/h1-12,19,27H/b20-18+. The van der Waals surface area contributed by atoms with Crippen LogP contribution < -0.4 is 4.90 Å². The van der Waals surface area contributed by atoms with E-state index in [1.807, 2.05) is 0 Å². The molecule has 0 bridgehead atoms. The van der Waals surface area contributed by atoms with Crippen LogP contribution in [0, 0.1) is 5.82 Å². The molecule has 0 radical (unpaired) electrons. The molecule has 1 fully saturated rings. The minimum absolute atomic E-state index is 0.0970. The van der Waals surface area contributed by atoms with Gasteiger partial charge in [0.15, 0.2) is 0 Å². The van der Waals surface area contributed by atoms with E-state index in [0.717, 1.165) is 9.37 Å². The van der Waals surface area contributed by atoms with E-state index < -0.39 is 23.5 Å². The lowest BCUT2D eigenvalue weighted by Gasteiger charge is -2.24. The fourth-order valence-corrected chi connectivity index (χ4v) is 3.57. The highest BCUT2D eigenvalue weighted by Gasteiger charge is 2.47. The number of amides is 1. The first-order valence-corrected chi connectivity index (χ1v) is 9.50. The molecule has 5 nitrogen and oxygen atoms in total. The summed E-state index contributed by atoms with van der Waals surface area (Å²) in [5.41, 5.74) is 0.874. The largest absolute Gasteiger partial charge is 0.507 e. The highest BCUT2D eigenvalue weighted by Crippen LogP contribution is 2.41. The predicted molar refractivity (Wildman–Crippen MR) is 110 cm³/mol. The quantitative estimate of drug-likeness (QED) is 0.357. The molecule has 0 aliphatic carbocycles. The van der Waals surface area contributed by atoms with E-state index in [-0.39, 0.29) is 17.0 Å². The molecule has 29 heavy (non-hydrogen) atoms. The number of ketones is 1. The van der Waals surface area contributed by atoms with E-state index in [1.165, 1.54) is 30.5 Å². The molecule has 4 rings (SSSR count). The molecular weight excluding hydrogens is 439 g/mol. The summed E-state index contributed by atoms with van der Waals surface area (Å²) in [6.07, 6.45) is 1.53. The van der Waals surface area contributed by atoms with Gasteiger partial charge in [0.05, 0.1) is 11.3 Å². The van der Waals surface area contributed by atoms with Crippen LogP contribution in [0.3, 0.4) is 0 Å². The smallest absolute Gasteiger partial charge is 0.300 e. The van der Waals surface area contributed by atoms with Crippen LogP contribution >= 0.6 is 15.9 Å². The van der Waals surface area contributed by atoms with E-state index in [9.17, 15) is 19.1 Å². The van der Waals surface area contributed by atoms with Gasteiger partial charge in [0.1, 0.15) is 17.6 Å². The summed E-state index contributed by atoms with van der Waals surface area (Å²) in [6.45, 7) is 0. The SMILES string of the molecule is O=C1C(=O)N(c2cccc(F)c2)C(c2ccccn2)/C1=C(\O)c1ccc(Br)cc1. The molecule has 1 saturated heterocycles. The molecule has 1 amide bonds. The molecule has 0 saturated carbocycles. The van der Waals surface area contributed by atoms with Gasteiger partial charge < -0.3 is 5.11 Å². The van der Waals surface area contributed by atoms with Gasteiger partial charge in [-0.15, -0.1) is 0 Å². The first kappa shape index (κ1) is 19.0. The van der Waals surface area contributed by atoms with Gasteiger partial charge in [0, 0.05) is 21.9 Å². The minimum atomic E-state index is -0.985. The summed E-state index contributed by atoms with van der Waals surface area (Å²) >= 11 is 3.32. The van der Waals surface area contributed by atoms with Crippen LogP contribution in [0.15, 0.2) is 83.0 Å². The maximum atomic E-state index is 13.8. The van der Waals surface area contributed by atoms with Gasteiger partial charge in [-0.2, -0.15) is 0 Å². The third-order valence-corrected chi connectivity index (χ3v) is 5.15. The average molecular weight is 453 g/mol. The Morgan fingerprint density at radius 2 is 1.79 bits per heavy atom. The van der Waals surface area contributed by atoms with Crippen molar-refractivity contribution in [2.45, 2.75) is 6.04 Å². The van der Waals surface area contributed by atoms with Crippen LogP contribution in [0.5, 0.6) is 0 Å². The Balaban J connectivity index is 1.94. The molecule has 7 heteroatoms. The molecule has 1 aromatic heterocycles. The van der Waals surface area contributed by atoms with Crippen molar-refractivity contribution in [2.24, 2.45) is 0 Å². The van der Waals surface area contributed by atoms with Crippen molar-refractivity contribution in [3.05, 3.63) is 100 Å². The van der Waals surface area contributed by atoms with E-state index in [4.69, 9.17) is 0 Å². The number of nitrogens with zero attached hydrogens (tertiary/aromatic N) is 2. The molecule has 2 heterocycles. The summed E-state index contributed by atoms with van der Waals surface area (Å²) in [5.74, 6) is -2.57. The van der Waals surface area contributed by atoms with Crippen molar-refractivity contribution in [1.82, 2.24) is 4.98 Å². The molecule has 144 valence electrons. The Labute approximate surface area is 174 Å². The zero-order chi connectivity index (χ0) is 20.5. The summed E-state index contributed by atoms with van der Waals surface area (Å²) in [5, 5.41) is 10.9. The number of aromatic nitrogens is 1. The predicted octanol–water partition coefficient (Wildman–Crippen LogP) is 4.61. The molecular formula is C22H14BrFN2O3. The molecule has 2 aromatic carbocycles. The molecule has 1 N–H and O–H groups in total. The monoisotopic (exact) mass is 452 g/mol. The third kappa shape index (κ3) is 3.45. The Hall–Kier alpha value is -3.32. The number of hydrogen-bond donors (Lipinski definition) is 1. The van der Waals surface area contributed by atoms with Crippen molar-refractivity contribution in [2.75, 3.05) is 4.90 Å². The Morgan fingerprint density at radius 1 is 1.03 bits per heavy atom. The fraction of sp³-hybridized carbons (Fsp3) is 0.0455. The van der Waals surface area contributed by atoms with Gasteiger partial charge in [-0.3, -0.25) is 19.5 Å². The zero-order valence-corrected chi connectivity index (χ0v) is 16.5. The highest BCUT2D eigenvalue weighted by molar-refractivity contribution is 9.10. The van der Waals surface area contributed by atoms with Gasteiger partial charge in [-0.05, 0) is 42.5 Å². The van der Waals surface area contributed by atoms with Crippen molar-refractivity contribution in [1.29, 1.82) is 0 Å². The molecule has 3 aromatic rings. The van der Waals surface area contributed by atoms with Crippen molar-refractivity contribution < 1.29 is 19.1 Å². The second-order valence-corrected chi connectivity index (χ2v) is 7.33. The number of halogens is 2. The van der Waals surface area contributed by atoms with Gasteiger partial charge in [-0.25, -0.2) is 4.39 Å². The highest BCUT2D eigenvalue weighted by atomic mass is 79.9. The van der Waals surface area contributed by atoms with Crippen LogP contribution in [0.4, 0.5) is 10.1 Å². The number of hydrogen-bond acceptors (Lipinski definition) is 4. The maximum Gasteiger partial charge on any atom is 0.300 e. The summed E-state index contributed by atoms with van der Waals surface area (Å²) in [7, 11) is 0. The molecule has 1 aliphatic heterocycles. The summed E-state index contributed by atoms with van der Waals surface area (Å²) < 4.78 is 14.6. The third-order valence-electron chi connectivity index (χ3n) is 4.62. The molecule has 0 spiro atoms. The number of anilines is 1. The number of Topliss-reactive ketones (excluding diaryl/α,β-unsaturated/α-hetero) is 1. The van der Waals surface area contributed by atoms with Crippen molar-refractivity contribution >= 4 is 39.1 Å². The van der Waals surface area contributed by atoms with E-state index in [1.54, 1.807) is 42.5 Å². The molecule has 1 atom stereocenters. The minimum Gasteiger partial charge on any atom is -0.507 e. The Morgan fingerprint density at radius 3 is 2.45 bits per heavy atom. The van der Waals surface area contributed by atoms with Crippen LogP contribution in [0.2, 0.25) is 0 Å². The fourth-order valence-electron chi connectivity index (χ4n) is 3.31. The number of carbonyl (C=O) groups is 2. The number of carbonyl (C=O) groups excluding carboxylic acids is 2. The van der Waals surface area contributed by atoms with Crippen LogP contribution in [-0.2, 0) is 9.59 Å². The van der Waals surface area contributed by atoms with E-state index >= 15 is 0 Å². The van der Waals surface area contributed by atoms with Crippen molar-refractivity contribution in [3.63, 3.8) is 0 Å². The number of rotatable bonds is 3. The lowest BCUT2D eigenvalue weighted by Crippen LogP contribution is -2.29. The van der Waals surface area contributed by atoms with Crippen molar-refractivity contribution in [3.8, 4) is 0 Å². The normalized spacial score (nSPS) is 18.3. The summed E-state index contributed by atoms with van der Waals surface area (Å²) in [6, 6.07) is 16.2. The van der Waals surface area contributed by atoms with Gasteiger partial charge >= 0.3 is 0 Å². The number of aliphatic hydroxyl groups excluding tert-OH is 1. The number of benzene rings is 2. The van der Waals surface area contributed by atoms with Gasteiger partial charge in [0.2, 0.25) is 0 Å². The van der Waals surface area contributed by atoms with Gasteiger partial charge in [-0.1, -0.05) is 40.2 Å². The Kier molecular flexibility index (Phi) is 4.98. The lowest BCUT2D eigenvalue weighted by atomic mass is 9.98. The van der Waals surface area contributed by atoms with E-state index in [0.29, 0.717) is 11.3 Å². The van der Waals surface area contributed by atoms with Crippen LogP contribution in [0.1, 0.15) is 17.3 Å². The molecule has 1 aliphatic rings. The second-order valence-electron chi connectivity index (χ2n) is 6.41. The Bertz CT molecular complexity index is 1130. The van der Waals surface area contributed by atoms with Crippen LogP contribution in [0.25, 0.3) is 5.76 Å².